The molecule has 0 spiro atoms. The fourth-order valence-electron chi connectivity index (χ4n) is 5.43. The van der Waals surface area contributed by atoms with Gasteiger partial charge in [-0.2, -0.15) is 10.4 Å². The number of nitriles is 1. The van der Waals surface area contributed by atoms with Crippen LogP contribution in [0.5, 0.6) is 0 Å². The predicted molar refractivity (Wildman–Crippen MR) is 174 cm³/mol. The smallest absolute Gasteiger partial charge is 0.268 e. The molecule has 1 atom stereocenters. The van der Waals surface area contributed by atoms with Gasteiger partial charge in [0.1, 0.15) is 16.6 Å². The van der Waals surface area contributed by atoms with Crippen molar-refractivity contribution < 1.29 is 9.59 Å². The number of fused-ring (bicyclic) bond motifs is 1. The second-order valence-corrected chi connectivity index (χ2v) is 13.9. The van der Waals surface area contributed by atoms with E-state index in [1.54, 1.807) is 27.9 Å². The van der Waals surface area contributed by atoms with Crippen LogP contribution in [-0.2, 0) is 17.9 Å². The number of carbonyl (C=O) groups is 2. The largest absolute Gasteiger partial charge is 0.333 e. The maximum absolute atomic E-state index is 13.5. The second-order valence-electron chi connectivity index (χ2n) is 12.8. The van der Waals surface area contributed by atoms with Gasteiger partial charge in [-0.05, 0) is 60.1 Å². The maximum Gasteiger partial charge on any atom is 0.268 e. The van der Waals surface area contributed by atoms with Crippen molar-refractivity contribution in [3.05, 3.63) is 70.9 Å². The molecule has 0 saturated carbocycles. The monoisotopic (exact) mass is 612 g/mol. The number of thiophene rings is 1. The van der Waals surface area contributed by atoms with Crippen molar-refractivity contribution in [3.63, 3.8) is 0 Å². The fourth-order valence-corrected chi connectivity index (χ4v) is 6.27. The van der Waals surface area contributed by atoms with E-state index in [0.717, 1.165) is 41.0 Å². The molecule has 3 aromatic heterocycles. The van der Waals surface area contributed by atoms with Crippen LogP contribution in [0, 0.1) is 22.7 Å². The lowest BCUT2D eigenvalue weighted by Crippen LogP contribution is -2.39. The number of nitrogens with one attached hydrogen (secondary N) is 2. The van der Waals surface area contributed by atoms with Crippen LogP contribution in [0.4, 0.5) is 5.95 Å². The number of anilines is 1. The summed E-state index contributed by atoms with van der Waals surface area (Å²) < 4.78 is 3.72. The molecule has 0 radical (unpaired) electrons. The Kier molecular flexibility index (Phi) is 9.32. The molecule has 1 aliphatic heterocycles. The van der Waals surface area contributed by atoms with Crippen molar-refractivity contribution in [2.24, 2.45) is 11.3 Å². The van der Waals surface area contributed by atoms with Crippen molar-refractivity contribution in [3.8, 4) is 11.1 Å². The van der Waals surface area contributed by atoms with Gasteiger partial charge in [0, 0.05) is 38.6 Å². The maximum atomic E-state index is 13.5. The average Bonchev–Trinajstić information content (AvgIpc) is 3.78. The number of rotatable bonds is 10. The van der Waals surface area contributed by atoms with Crippen molar-refractivity contribution in [1.29, 1.82) is 5.26 Å². The molecule has 1 fully saturated rings. The average molecular weight is 613 g/mol. The highest BCUT2D eigenvalue weighted by Gasteiger charge is 2.32. The fraction of sp³-hybridized carbons (Fsp3) is 0.424. The third kappa shape index (κ3) is 7.26. The number of benzene rings is 1. The lowest BCUT2D eigenvalue weighted by Gasteiger charge is -2.26. The molecular weight excluding hydrogens is 572 g/mol. The molecule has 0 bridgehead atoms. The van der Waals surface area contributed by atoms with E-state index in [1.807, 2.05) is 42.8 Å². The number of amides is 2. The van der Waals surface area contributed by atoms with Crippen molar-refractivity contribution in [1.82, 2.24) is 29.5 Å². The topological polar surface area (TPSA) is 121 Å². The zero-order chi connectivity index (χ0) is 31.4. The SMILES string of the molecule is CC(C)C=C(C#N)C(=O)N1CCCC1Cn1c(NC(=O)c2ccc(-n3cccn3)s2)nc2cc(CNCC(C)(C)C)ccc21. The van der Waals surface area contributed by atoms with Crippen LogP contribution in [0.15, 0.2) is 60.4 Å². The number of imidazole rings is 1. The molecule has 4 heterocycles. The van der Waals surface area contributed by atoms with Crippen LogP contribution in [0.2, 0.25) is 0 Å². The lowest BCUT2D eigenvalue weighted by atomic mass is 9.97. The second kappa shape index (κ2) is 13.2. The summed E-state index contributed by atoms with van der Waals surface area (Å²) >= 11 is 1.35. The lowest BCUT2D eigenvalue weighted by molar-refractivity contribution is -0.127. The van der Waals surface area contributed by atoms with Gasteiger partial charge in [-0.25, -0.2) is 9.67 Å². The van der Waals surface area contributed by atoms with E-state index in [1.165, 1.54) is 11.3 Å². The molecule has 1 aromatic carbocycles. The van der Waals surface area contributed by atoms with Gasteiger partial charge in [-0.1, -0.05) is 46.8 Å². The third-order valence-electron chi connectivity index (χ3n) is 7.45. The molecular formula is C33H40N8O2S. The van der Waals surface area contributed by atoms with Crippen LogP contribution < -0.4 is 10.6 Å². The highest BCUT2D eigenvalue weighted by molar-refractivity contribution is 7.16. The number of hydrogen-bond donors (Lipinski definition) is 2. The van der Waals surface area contributed by atoms with Gasteiger partial charge in [-0.15, -0.1) is 11.3 Å². The quantitative estimate of drug-likeness (QED) is 0.173. The Balaban J connectivity index is 1.44. The summed E-state index contributed by atoms with van der Waals surface area (Å²) in [4.78, 5) is 34.1. The molecule has 1 aliphatic rings. The Hall–Kier alpha value is -4.27. The summed E-state index contributed by atoms with van der Waals surface area (Å²) in [6.07, 6.45) is 6.91. The van der Waals surface area contributed by atoms with Gasteiger partial charge in [0.05, 0.1) is 22.0 Å². The van der Waals surface area contributed by atoms with E-state index in [-0.39, 0.29) is 34.8 Å². The van der Waals surface area contributed by atoms with Gasteiger partial charge >= 0.3 is 0 Å². The number of hydrogen-bond acceptors (Lipinski definition) is 7. The highest BCUT2D eigenvalue weighted by atomic mass is 32.1. The Morgan fingerprint density at radius 1 is 1.23 bits per heavy atom. The van der Waals surface area contributed by atoms with Crippen molar-refractivity contribution in [2.45, 2.75) is 66.6 Å². The van der Waals surface area contributed by atoms with Crippen LogP contribution >= 0.6 is 11.3 Å². The minimum atomic E-state index is -0.261. The first kappa shape index (κ1) is 31.2. The molecule has 1 saturated heterocycles. The van der Waals surface area contributed by atoms with Crippen LogP contribution in [0.25, 0.3) is 16.0 Å². The first-order valence-electron chi connectivity index (χ1n) is 15.1. The Bertz CT molecular complexity index is 1700. The summed E-state index contributed by atoms with van der Waals surface area (Å²) in [5.41, 5.74) is 3.09. The van der Waals surface area contributed by atoms with Gasteiger partial charge in [0.15, 0.2) is 0 Å². The Morgan fingerprint density at radius 3 is 2.75 bits per heavy atom. The first-order chi connectivity index (χ1) is 21.0. The molecule has 44 heavy (non-hydrogen) atoms. The van der Waals surface area contributed by atoms with E-state index in [9.17, 15) is 14.9 Å². The van der Waals surface area contributed by atoms with E-state index < -0.39 is 0 Å². The molecule has 2 amide bonds. The first-order valence-corrected chi connectivity index (χ1v) is 15.9. The molecule has 1 unspecified atom stereocenters. The summed E-state index contributed by atoms with van der Waals surface area (Å²) in [7, 11) is 0. The number of nitrogens with zero attached hydrogens (tertiary/aromatic N) is 6. The molecule has 11 heteroatoms. The molecule has 4 aromatic rings. The summed E-state index contributed by atoms with van der Waals surface area (Å²) in [6, 6.07) is 13.6. The van der Waals surface area contributed by atoms with Crippen LogP contribution in [-0.4, -0.2) is 55.2 Å². The van der Waals surface area contributed by atoms with Gasteiger partial charge in [-0.3, -0.25) is 14.9 Å². The summed E-state index contributed by atoms with van der Waals surface area (Å²) in [5.74, 6) is 0.0160. The number of allylic oxidation sites excluding steroid dienone is 1. The Morgan fingerprint density at radius 2 is 2.05 bits per heavy atom. The molecule has 230 valence electrons. The number of carbonyl (C=O) groups excluding carboxylic acids is 2. The van der Waals surface area contributed by atoms with Gasteiger partial charge in [0.25, 0.3) is 11.8 Å². The molecule has 2 N–H and O–H groups in total. The molecule has 10 nitrogen and oxygen atoms in total. The van der Waals surface area contributed by atoms with E-state index in [0.29, 0.717) is 30.5 Å². The summed E-state index contributed by atoms with van der Waals surface area (Å²) in [6.45, 7) is 13.1. The number of aromatic nitrogens is 4. The number of likely N-dealkylation sites (tertiary alicyclic amines) is 1. The molecule has 0 aliphatic carbocycles. The third-order valence-corrected chi connectivity index (χ3v) is 8.52. The zero-order valence-corrected chi connectivity index (χ0v) is 26.8. The Labute approximate surface area is 262 Å². The van der Waals surface area contributed by atoms with Crippen LogP contribution in [0.1, 0.15) is 62.7 Å². The van der Waals surface area contributed by atoms with Crippen molar-refractivity contribution in [2.75, 3.05) is 18.4 Å². The van der Waals surface area contributed by atoms with E-state index >= 15 is 0 Å². The van der Waals surface area contributed by atoms with Gasteiger partial charge in [0.2, 0.25) is 5.95 Å². The zero-order valence-electron chi connectivity index (χ0n) is 26.0. The van der Waals surface area contributed by atoms with Crippen molar-refractivity contribution >= 4 is 40.1 Å². The summed E-state index contributed by atoms with van der Waals surface area (Å²) in [5, 5.41) is 21.4. The van der Waals surface area contributed by atoms with E-state index in [2.05, 4.69) is 54.7 Å². The minimum Gasteiger partial charge on any atom is -0.333 e. The predicted octanol–water partition coefficient (Wildman–Crippen LogP) is 5.77. The van der Waals surface area contributed by atoms with Crippen LogP contribution in [0.3, 0.4) is 0 Å². The van der Waals surface area contributed by atoms with Gasteiger partial charge < -0.3 is 14.8 Å². The molecule has 5 rings (SSSR count). The van der Waals surface area contributed by atoms with E-state index in [4.69, 9.17) is 4.98 Å². The normalized spacial score (nSPS) is 15.7. The highest BCUT2D eigenvalue weighted by Crippen LogP contribution is 2.28. The standard InChI is InChI=1S/C33H40N8O2S/c1-22(2)16-24(18-34)31(43)39-14-6-8-25(39)20-40-27-10-9-23(19-35-21-33(3,4)5)17-26(27)37-32(40)38-30(42)28-11-12-29(44-28)41-15-7-13-36-41/h7,9-13,15-17,22,25,35H,6,8,14,19-21H2,1-5H3,(H,37,38,42). The minimum absolute atomic E-state index is 0.0900.